The van der Waals surface area contributed by atoms with Crippen LogP contribution in [0.3, 0.4) is 0 Å². The maximum Gasteiger partial charge on any atom is 0.261 e. The highest BCUT2D eigenvalue weighted by Crippen LogP contribution is 2.19. The minimum Gasteiger partial charge on any atom is -0.497 e. The average molecular weight is 400 g/mol. The van der Waals surface area contributed by atoms with E-state index in [1.807, 2.05) is 0 Å². The minimum atomic E-state index is -3.83. The van der Waals surface area contributed by atoms with Crippen molar-refractivity contribution in [2.24, 2.45) is 0 Å². The van der Waals surface area contributed by atoms with E-state index in [9.17, 15) is 17.6 Å². The molecule has 1 amide bonds. The zero-order valence-electron chi connectivity index (χ0n) is 14.8. The summed E-state index contributed by atoms with van der Waals surface area (Å²) in [5, 5.41) is 2.69. The van der Waals surface area contributed by atoms with Crippen LogP contribution in [0.2, 0.25) is 0 Å². The maximum absolute atomic E-state index is 12.9. The van der Waals surface area contributed by atoms with Crippen molar-refractivity contribution in [1.29, 1.82) is 0 Å². The van der Waals surface area contributed by atoms with Crippen LogP contribution in [0.15, 0.2) is 77.7 Å². The molecule has 0 saturated carbocycles. The van der Waals surface area contributed by atoms with E-state index in [0.717, 1.165) is 12.1 Å². The van der Waals surface area contributed by atoms with Crippen molar-refractivity contribution in [2.45, 2.75) is 4.90 Å². The number of rotatable bonds is 6. The topological polar surface area (TPSA) is 84.5 Å². The van der Waals surface area contributed by atoms with E-state index in [2.05, 4.69) is 10.0 Å². The minimum absolute atomic E-state index is 0.0132. The van der Waals surface area contributed by atoms with Gasteiger partial charge in [0.2, 0.25) is 0 Å². The SMILES string of the molecule is COc1ccc(C(=O)Nc2ccc(S(=O)(=O)Nc3ccc(F)cc3)cc2)cc1. The molecule has 0 spiro atoms. The number of methoxy groups -OCH3 is 1. The smallest absolute Gasteiger partial charge is 0.261 e. The molecule has 0 radical (unpaired) electrons. The molecular formula is C20H17FN2O4S. The van der Waals surface area contributed by atoms with Crippen molar-refractivity contribution < 1.29 is 22.3 Å². The number of carbonyl (C=O) groups is 1. The molecule has 8 heteroatoms. The summed E-state index contributed by atoms with van der Waals surface area (Å²) in [6.45, 7) is 0. The van der Waals surface area contributed by atoms with E-state index in [0.29, 0.717) is 17.0 Å². The Balaban J connectivity index is 1.69. The first-order chi connectivity index (χ1) is 13.4. The summed E-state index contributed by atoms with van der Waals surface area (Å²) in [5.41, 5.74) is 1.13. The van der Waals surface area contributed by atoms with Gasteiger partial charge in [-0.1, -0.05) is 0 Å². The predicted molar refractivity (Wildman–Crippen MR) is 105 cm³/mol. The summed E-state index contributed by atoms with van der Waals surface area (Å²) < 4.78 is 45.1. The largest absolute Gasteiger partial charge is 0.497 e. The fraction of sp³-hybridized carbons (Fsp3) is 0.0500. The Hall–Kier alpha value is -3.39. The van der Waals surface area contributed by atoms with E-state index in [1.165, 1.54) is 43.5 Å². The third-order valence-electron chi connectivity index (χ3n) is 3.87. The van der Waals surface area contributed by atoms with E-state index in [1.54, 1.807) is 24.3 Å². The first-order valence-electron chi connectivity index (χ1n) is 8.21. The fourth-order valence-electron chi connectivity index (χ4n) is 2.40. The summed E-state index contributed by atoms with van der Waals surface area (Å²) in [7, 11) is -2.29. The summed E-state index contributed by atoms with van der Waals surface area (Å²) in [4.78, 5) is 12.3. The number of halogens is 1. The Morgan fingerprint density at radius 1 is 0.857 bits per heavy atom. The molecule has 3 aromatic rings. The second kappa shape index (κ2) is 8.10. The second-order valence-electron chi connectivity index (χ2n) is 5.82. The van der Waals surface area contributed by atoms with Gasteiger partial charge < -0.3 is 10.1 Å². The average Bonchev–Trinajstić information content (AvgIpc) is 2.70. The molecule has 0 unspecified atom stereocenters. The molecule has 144 valence electrons. The van der Waals surface area contributed by atoms with E-state index in [4.69, 9.17) is 4.74 Å². The summed E-state index contributed by atoms with van der Waals surface area (Å²) >= 11 is 0. The standard InChI is InChI=1S/C20H17FN2O4S/c1-27-18-10-2-14(3-11-18)20(24)22-16-8-12-19(13-9-16)28(25,26)23-17-6-4-15(21)5-7-17/h2-13,23H,1H3,(H,22,24). The van der Waals surface area contributed by atoms with Crippen LogP contribution >= 0.6 is 0 Å². The van der Waals surface area contributed by atoms with Gasteiger partial charge in [0.05, 0.1) is 12.0 Å². The van der Waals surface area contributed by atoms with Crippen molar-refractivity contribution in [2.75, 3.05) is 17.1 Å². The zero-order valence-corrected chi connectivity index (χ0v) is 15.7. The molecule has 0 fully saturated rings. The highest BCUT2D eigenvalue weighted by Gasteiger charge is 2.14. The van der Waals surface area contributed by atoms with Gasteiger partial charge in [-0.3, -0.25) is 9.52 Å². The third kappa shape index (κ3) is 4.66. The molecular weight excluding hydrogens is 383 g/mol. The number of hydrogen-bond acceptors (Lipinski definition) is 4. The first-order valence-corrected chi connectivity index (χ1v) is 9.69. The first kappa shape index (κ1) is 19.4. The van der Waals surface area contributed by atoms with E-state index >= 15 is 0 Å². The molecule has 0 aliphatic heterocycles. The van der Waals surface area contributed by atoms with Gasteiger partial charge in [-0.15, -0.1) is 0 Å². The summed E-state index contributed by atoms with van der Waals surface area (Å²) in [5.74, 6) is -0.151. The quantitative estimate of drug-likeness (QED) is 0.658. The lowest BCUT2D eigenvalue weighted by Crippen LogP contribution is -2.14. The number of hydrogen-bond donors (Lipinski definition) is 2. The van der Waals surface area contributed by atoms with Crippen LogP contribution < -0.4 is 14.8 Å². The Morgan fingerprint density at radius 3 is 2.00 bits per heavy atom. The van der Waals surface area contributed by atoms with Gasteiger partial charge in [0.25, 0.3) is 15.9 Å². The predicted octanol–water partition coefficient (Wildman–Crippen LogP) is 3.89. The molecule has 0 saturated heterocycles. The number of sulfonamides is 1. The van der Waals surface area contributed by atoms with Crippen molar-refractivity contribution in [3.8, 4) is 5.75 Å². The molecule has 0 heterocycles. The molecule has 0 aliphatic rings. The van der Waals surface area contributed by atoms with Crippen molar-refractivity contribution in [3.05, 3.63) is 84.2 Å². The van der Waals surface area contributed by atoms with Gasteiger partial charge in [0, 0.05) is 16.9 Å². The second-order valence-corrected chi connectivity index (χ2v) is 7.50. The lowest BCUT2D eigenvalue weighted by atomic mass is 10.2. The number of nitrogens with one attached hydrogen (secondary N) is 2. The molecule has 0 atom stereocenters. The zero-order chi connectivity index (χ0) is 20.1. The van der Waals surface area contributed by atoms with Crippen LogP contribution in [-0.2, 0) is 10.0 Å². The number of carbonyl (C=O) groups excluding carboxylic acids is 1. The third-order valence-corrected chi connectivity index (χ3v) is 5.27. The van der Waals surface area contributed by atoms with E-state index in [-0.39, 0.29) is 16.5 Å². The Bertz CT molecular complexity index is 1060. The highest BCUT2D eigenvalue weighted by atomic mass is 32.2. The summed E-state index contributed by atoms with van der Waals surface area (Å²) in [6, 6.07) is 17.3. The van der Waals surface area contributed by atoms with Gasteiger partial charge in [0.1, 0.15) is 11.6 Å². The molecule has 2 N–H and O–H groups in total. The number of ether oxygens (including phenoxy) is 1. The molecule has 28 heavy (non-hydrogen) atoms. The van der Waals surface area contributed by atoms with Gasteiger partial charge >= 0.3 is 0 Å². The maximum atomic E-state index is 12.9. The fourth-order valence-corrected chi connectivity index (χ4v) is 3.45. The molecule has 3 rings (SSSR count). The van der Waals surface area contributed by atoms with Gasteiger partial charge in [0.15, 0.2) is 0 Å². The highest BCUT2D eigenvalue weighted by molar-refractivity contribution is 7.92. The van der Waals surface area contributed by atoms with Crippen LogP contribution in [-0.4, -0.2) is 21.4 Å². The normalized spacial score (nSPS) is 10.9. The molecule has 3 aromatic carbocycles. The molecule has 6 nitrogen and oxygen atoms in total. The number of benzene rings is 3. The van der Waals surface area contributed by atoms with Crippen LogP contribution in [0.5, 0.6) is 5.75 Å². The lowest BCUT2D eigenvalue weighted by molar-refractivity contribution is 0.102. The number of amides is 1. The van der Waals surface area contributed by atoms with Gasteiger partial charge in [-0.25, -0.2) is 12.8 Å². The Kier molecular flexibility index (Phi) is 5.60. The van der Waals surface area contributed by atoms with Crippen molar-refractivity contribution in [1.82, 2.24) is 0 Å². The van der Waals surface area contributed by atoms with E-state index < -0.39 is 15.8 Å². The van der Waals surface area contributed by atoms with Crippen molar-refractivity contribution in [3.63, 3.8) is 0 Å². The Labute approximate surface area is 162 Å². The van der Waals surface area contributed by atoms with Crippen LogP contribution in [0.25, 0.3) is 0 Å². The van der Waals surface area contributed by atoms with Crippen LogP contribution in [0, 0.1) is 5.82 Å². The van der Waals surface area contributed by atoms with Crippen LogP contribution in [0.4, 0.5) is 15.8 Å². The van der Waals surface area contributed by atoms with Gasteiger partial charge in [-0.05, 0) is 72.8 Å². The van der Waals surface area contributed by atoms with Gasteiger partial charge in [-0.2, -0.15) is 0 Å². The van der Waals surface area contributed by atoms with Crippen molar-refractivity contribution >= 4 is 27.3 Å². The lowest BCUT2D eigenvalue weighted by Gasteiger charge is -2.10. The monoisotopic (exact) mass is 400 g/mol. The summed E-state index contributed by atoms with van der Waals surface area (Å²) in [6.07, 6.45) is 0. The molecule has 0 bridgehead atoms. The Morgan fingerprint density at radius 2 is 1.43 bits per heavy atom. The van der Waals surface area contributed by atoms with Crippen LogP contribution in [0.1, 0.15) is 10.4 Å². The molecule has 0 aromatic heterocycles. The molecule has 0 aliphatic carbocycles. The number of anilines is 2.